The van der Waals surface area contributed by atoms with Gasteiger partial charge in [0, 0.05) is 30.9 Å². The van der Waals surface area contributed by atoms with Crippen molar-refractivity contribution in [1.82, 2.24) is 4.90 Å². The Balaban J connectivity index is 1.57. The number of nitrogens with zero attached hydrogens (tertiary/aromatic N) is 2. The summed E-state index contributed by atoms with van der Waals surface area (Å²) >= 11 is 0. The predicted octanol–water partition coefficient (Wildman–Crippen LogP) is 4.86. The number of aliphatic imine (C=N–C) groups is 1. The maximum atomic E-state index is 11.6. The topological polar surface area (TPSA) is 35.8 Å². The summed E-state index contributed by atoms with van der Waals surface area (Å²) in [5.41, 5.74) is 2.26. The van der Waals surface area contributed by atoms with E-state index in [4.69, 9.17) is 4.99 Å². The van der Waals surface area contributed by atoms with Crippen LogP contribution in [0.1, 0.15) is 41.5 Å². The lowest BCUT2D eigenvalue weighted by Gasteiger charge is -2.41. The average molecular weight is 368 g/mol. The molecule has 1 N–H and O–H groups in total. The minimum atomic E-state index is -1.18. The number of rotatable bonds is 3. The summed E-state index contributed by atoms with van der Waals surface area (Å²) in [6.45, 7) is 0.938. The monoisotopic (exact) mass is 368 g/mol. The van der Waals surface area contributed by atoms with Gasteiger partial charge in [0.2, 0.25) is 0 Å². The normalized spacial score (nSPS) is 26.6. The quantitative estimate of drug-likeness (QED) is 0.716. The molecule has 3 aromatic carbocycles. The van der Waals surface area contributed by atoms with Gasteiger partial charge < -0.3 is 10.0 Å². The molecule has 3 atom stereocenters. The van der Waals surface area contributed by atoms with E-state index in [0.717, 1.165) is 24.4 Å². The van der Waals surface area contributed by atoms with E-state index < -0.39 is 5.72 Å². The Labute approximate surface area is 166 Å². The van der Waals surface area contributed by atoms with Crippen molar-refractivity contribution in [3.63, 3.8) is 0 Å². The summed E-state index contributed by atoms with van der Waals surface area (Å²) < 4.78 is 0. The zero-order valence-electron chi connectivity index (χ0n) is 15.8. The Morgan fingerprint density at radius 1 is 0.786 bits per heavy atom. The van der Waals surface area contributed by atoms with Crippen LogP contribution in [0.15, 0.2) is 96.0 Å². The molecule has 140 valence electrons. The number of hydrogen-bond donors (Lipinski definition) is 1. The number of hydrogen-bond acceptors (Lipinski definition) is 3. The lowest BCUT2D eigenvalue weighted by molar-refractivity contribution is 0.00268. The van der Waals surface area contributed by atoms with Crippen LogP contribution in [0.2, 0.25) is 0 Å². The van der Waals surface area contributed by atoms with E-state index >= 15 is 0 Å². The molecule has 1 fully saturated rings. The molecule has 2 heterocycles. The number of aliphatic hydroxyl groups is 1. The smallest absolute Gasteiger partial charge is 0.186 e. The van der Waals surface area contributed by atoms with Crippen molar-refractivity contribution in [1.29, 1.82) is 0 Å². The van der Waals surface area contributed by atoms with Crippen molar-refractivity contribution in [2.75, 3.05) is 6.54 Å². The van der Waals surface area contributed by atoms with Crippen molar-refractivity contribution < 1.29 is 5.11 Å². The van der Waals surface area contributed by atoms with Crippen molar-refractivity contribution >= 4 is 5.84 Å². The van der Waals surface area contributed by atoms with Crippen LogP contribution in [-0.4, -0.2) is 22.4 Å². The highest BCUT2D eigenvalue weighted by molar-refractivity contribution is 5.87. The molecule has 2 aliphatic heterocycles. The van der Waals surface area contributed by atoms with Gasteiger partial charge >= 0.3 is 0 Å². The fraction of sp³-hybridized carbons (Fsp3) is 0.240. The molecule has 0 amide bonds. The minimum absolute atomic E-state index is 0.118. The molecule has 1 saturated heterocycles. The summed E-state index contributed by atoms with van der Waals surface area (Å²) in [6, 6.07) is 31.2. The molecule has 0 aromatic heterocycles. The van der Waals surface area contributed by atoms with Gasteiger partial charge in [0.25, 0.3) is 0 Å². The Bertz CT molecular complexity index is 971. The second-order valence-electron chi connectivity index (χ2n) is 7.81. The summed E-state index contributed by atoms with van der Waals surface area (Å²) in [7, 11) is 0. The molecular weight excluding hydrogens is 344 g/mol. The second-order valence-corrected chi connectivity index (χ2v) is 7.81. The fourth-order valence-corrected chi connectivity index (χ4v) is 4.61. The lowest BCUT2D eigenvalue weighted by Crippen LogP contribution is -2.42. The maximum Gasteiger partial charge on any atom is 0.186 e. The lowest BCUT2D eigenvalue weighted by atomic mass is 9.89. The average Bonchev–Trinajstić information content (AvgIpc) is 3.19. The van der Waals surface area contributed by atoms with Crippen LogP contribution in [-0.2, 0) is 5.72 Å². The van der Waals surface area contributed by atoms with Crippen LogP contribution < -0.4 is 0 Å². The highest BCUT2D eigenvalue weighted by Gasteiger charge is 2.45. The van der Waals surface area contributed by atoms with Crippen molar-refractivity contribution in [2.24, 2.45) is 4.99 Å². The van der Waals surface area contributed by atoms with Crippen LogP contribution in [0.3, 0.4) is 0 Å². The zero-order chi connectivity index (χ0) is 19.0. The highest BCUT2D eigenvalue weighted by Crippen LogP contribution is 2.45. The number of fused-ring (bicyclic) bond motifs is 1. The van der Waals surface area contributed by atoms with Gasteiger partial charge in [-0.15, -0.1) is 0 Å². The van der Waals surface area contributed by atoms with Crippen LogP contribution >= 0.6 is 0 Å². The molecule has 0 aliphatic carbocycles. The molecule has 3 heteroatoms. The van der Waals surface area contributed by atoms with Crippen LogP contribution in [0.25, 0.3) is 0 Å². The van der Waals surface area contributed by atoms with E-state index in [9.17, 15) is 5.11 Å². The van der Waals surface area contributed by atoms with Crippen molar-refractivity contribution in [2.45, 2.75) is 30.5 Å². The van der Waals surface area contributed by atoms with Gasteiger partial charge in [0.05, 0.1) is 6.04 Å². The van der Waals surface area contributed by atoms with Gasteiger partial charge in [-0.1, -0.05) is 91.0 Å². The van der Waals surface area contributed by atoms with Crippen molar-refractivity contribution in [3.05, 3.63) is 108 Å². The summed E-state index contributed by atoms with van der Waals surface area (Å²) in [4.78, 5) is 7.30. The first-order chi connectivity index (χ1) is 13.7. The van der Waals surface area contributed by atoms with Gasteiger partial charge in [-0.05, 0) is 11.1 Å². The molecule has 28 heavy (non-hydrogen) atoms. The fourth-order valence-electron chi connectivity index (χ4n) is 4.61. The van der Waals surface area contributed by atoms with Gasteiger partial charge in [0.1, 0.15) is 5.84 Å². The van der Waals surface area contributed by atoms with Gasteiger partial charge in [-0.2, -0.15) is 0 Å². The van der Waals surface area contributed by atoms with E-state index in [1.807, 2.05) is 36.4 Å². The second kappa shape index (κ2) is 6.92. The third-order valence-electron chi connectivity index (χ3n) is 6.04. The summed E-state index contributed by atoms with van der Waals surface area (Å²) in [5, 5.41) is 11.6. The molecule has 0 spiro atoms. The Hall–Kier alpha value is -2.91. The zero-order valence-corrected chi connectivity index (χ0v) is 15.8. The Morgan fingerprint density at radius 2 is 1.36 bits per heavy atom. The Kier molecular flexibility index (Phi) is 4.25. The molecule has 3 aromatic rings. The van der Waals surface area contributed by atoms with E-state index in [1.165, 1.54) is 11.1 Å². The van der Waals surface area contributed by atoms with E-state index in [1.54, 1.807) is 0 Å². The van der Waals surface area contributed by atoms with E-state index in [0.29, 0.717) is 12.3 Å². The SMILES string of the molecule is OC1(c2ccccc2)CC(c2ccccc2)N2CC(c3ccccc3)CC2=N1. The molecule has 0 saturated carbocycles. The number of amidine groups is 1. The van der Waals surface area contributed by atoms with E-state index in [2.05, 4.69) is 59.5 Å². The molecule has 0 bridgehead atoms. The third kappa shape index (κ3) is 3.02. The molecule has 2 aliphatic rings. The van der Waals surface area contributed by atoms with Gasteiger partial charge in [-0.25, -0.2) is 4.99 Å². The molecule has 5 rings (SSSR count). The Morgan fingerprint density at radius 3 is 2.00 bits per heavy atom. The predicted molar refractivity (Wildman–Crippen MR) is 112 cm³/mol. The van der Waals surface area contributed by atoms with Crippen LogP contribution in [0.4, 0.5) is 0 Å². The van der Waals surface area contributed by atoms with Gasteiger partial charge in [-0.3, -0.25) is 0 Å². The van der Waals surface area contributed by atoms with E-state index in [-0.39, 0.29) is 6.04 Å². The molecule has 3 unspecified atom stereocenters. The van der Waals surface area contributed by atoms with Gasteiger partial charge in [0.15, 0.2) is 5.72 Å². The first-order valence-electron chi connectivity index (χ1n) is 9.96. The first-order valence-corrected chi connectivity index (χ1v) is 9.96. The number of benzene rings is 3. The van der Waals surface area contributed by atoms with Crippen molar-refractivity contribution in [3.8, 4) is 0 Å². The summed E-state index contributed by atoms with van der Waals surface area (Å²) in [6.07, 6.45) is 1.43. The third-order valence-corrected chi connectivity index (χ3v) is 6.04. The standard InChI is InChI=1S/C25H24N2O/c28-25(22-14-8-3-9-15-22)17-23(20-12-6-2-7-13-20)27-18-21(16-24(27)26-25)19-10-4-1-5-11-19/h1-15,21,23,28H,16-18H2. The summed E-state index contributed by atoms with van der Waals surface area (Å²) in [5.74, 6) is 1.42. The molecule has 3 nitrogen and oxygen atoms in total. The van der Waals surface area contributed by atoms with Crippen LogP contribution in [0.5, 0.6) is 0 Å². The first kappa shape index (κ1) is 17.2. The minimum Gasteiger partial charge on any atom is -0.365 e. The highest BCUT2D eigenvalue weighted by atomic mass is 16.3. The maximum absolute atomic E-state index is 11.6. The largest absolute Gasteiger partial charge is 0.365 e. The molecule has 0 radical (unpaired) electrons. The molecular formula is C25H24N2O. The van der Waals surface area contributed by atoms with Crippen LogP contribution in [0, 0.1) is 0 Å².